The summed E-state index contributed by atoms with van der Waals surface area (Å²) in [6.07, 6.45) is 0.822. The van der Waals surface area contributed by atoms with Crippen LogP contribution in [-0.4, -0.2) is 101 Å². The minimum Gasteiger partial charge on any atom is -0.368 e. The van der Waals surface area contributed by atoms with E-state index >= 15 is 0 Å². The highest BCUT2D eigenvalue weighted by Gasteiger charge is 2.65. The highest BCUT2D eigenvalue weighted by atomic mass is 32.2. The van der Waals surface area contributed by atoms with Crippen LogP contribution in [-0.2, 0) is 47.3 Å². The van der Waals surface area contributed by atoms with E-state index in [0.717, 1.165) is 30.6 Å². The molecular weight excluding hydrogens is 886 g/mol. The van der Waals surface area contributed by atoms with Crippen LogP contribution in [0.2, 0.25) is 0 Å². The number of carbonyl (C=O) groups excluding carboxylic acids is 7. The molecule has 0 bridgehead atoms. The van der Waals surface area contributed by atoms with Gasteiger partial charge in [0.1, 0.15) is 12.1 Å². The summed E-state index contributed by atoms with van der Waals surface area (Å²) in [4.78, 5) is 88.0. The van der Waals surface area contributed by atoms with Crippen LogP contribution in [0.3, 0.4) is 0 Å². The van der Waals surface area contributed by atoms with Crippen molar-refractivity contribution in [3.05, 3.63) is 71.3 Å². The number of primary amides is 1. The Morgan fingerprint density at radius 1 is 0.773 bits per heavy atom. The predicted octanol–water partition coefficient (Wildman–Crippen LogP) is 3.31. The van der Waals surface area contributed by atoms with Crippen molar-refractivity contribution >= 4 is 53.2 Å². The minimum absolute atomic E-state index is 0.0488. The van der Waals surface area contributed by atoms with Gasteiger partial charge in [0.2, 0.25) is 35.4 Å². The fourth-order valence-electron chi connectivity index (χ4n) is 8.01. The molecule has 2 saturated heterocycles. The number of fused-ring (bicyclic) bond motifs is 1. The van der Waals surface area contributed by atoms with E-state index in [9.17, 15) is 51.9 Å². The Morgan fingerprint density at radius 2 is 1.44 bits per heavy atom. The lowest BCUT2D eigenvalue weighted by atomic mass is 9.92. The first kappa shape index (κ1) is 51.2. The van der Waals surface area contributed by atoms with Crippen LogP contribution in [0.5, 0.6) is 0 Å². The molecule has 0 unspecified atom stereocenters. The zero-order valence-corrected chi connectivity index (χ0v) is 37.3. The zero-order chi connectivity index (χ0) is 47.7. The van der Waals surface area contributed by atoms with Crippen molar-refractivity contribution in [1.82, 2.24) is 37.4 Å². The first-order valence-corrected chi connectivity index (χ1v) is 23.3. The molecule has 8 amide bonds. The molecule has 2 aromatic rings. The van der Waals surface area contributed by atoms with Crippen LogP contribution in [0.1, 0.15) is 93.7 Å². The third-order valence-corrected chi connectivity index (χ3v) is 13.3. The van der Waals surface area contributed by atoms with E-state index in [1.165, 1.54) is 29.7 Å². The number of alkyl halides is 3. The minimum atomic E-state index is -4.72. The number of urea groups is 1. The van der Waals surface area contributed by atoms with Crippen LogP contribution < -0.4 is 43.1 Å². The molecular formula is C44H59F3N10O8S. The van der Waals surface area contributed by atoms with Gasteiger partial charge in [0.25, 0.3) is 0 Å². The second kappa shape index (κ2) is 24.7. The number of hydroxylamine groups is 1. The molecule has 0 radical (unpaired) electrons. The topological polar surface area (TPSA) is 275 Å². The molecule has 360 valence electrons. The van der Waals surface area contributed by atoms with Gasteiger partial charge in [0, 0.05) is 55.3 Å². The van der Waals surface area contributed by atoms with Gasteiger partial charge in [0.15, 0.2) is 0 Å². The van der Waals surface area contributed by atoms with Gasteiger partial charge in [-0.05, 0) is 62.5 Å². The number of unbranched alkanes of at least 4 members (excludes halogenated alkanes) is 4. The second-order valence-electron chi connectivity index (χ2n) is 16.8. The maximum Gasteiger partial charge on any atom is 0.442 e. The van der Waals surface area contributed by atoms with Crippen LogP contribution in [0, 0.1) is 5.92 Å². The molecule has 5 rings (SSSR count). The smallest absolute Gasteiger partial charge is 0.368 e. The molecule has 3 heterocycles. The molecule has 22 heteroatoms. The van der Waals surface area contributed by atoms with E-state index in [0.29, 0.717) is 62.3 Å². The summed E-state index contributed by atoms with van der Waals surface area (Å²) < 4.78 is 40.5. The number of amides is 8. The van der Waals surface area contributed by atoms with Crippen molar-refractivity contribution in [1.29, 1.82) is 0 Å². The number of rotatable bonds is 28. The molecule has 3 aliphatic heterocycles. The Balaban J connectivity index is 0.987. The number of hydrogen-bond acceptors (Lipinski definition) is 11. The molecule has 2 aromatic carbocycles. The highest BCUT2D eigenvalue weighted by Crippen LogP contribution is 2.52. The van der Waals surface area contributed by atoms with Crippen molar-refractivity contribution in [2.24, 2.45) is 21.9 Å². The number of halogens is 3. The number of nitrogens with zero attached hydrogens (tertiary/aromatic N) is 2. The van der Waals surface area contributed by atoms with E-state index in [-0.39, 0.29) is 61.3 Å². The normalized spacial score (nSPS) is 19.3. The molecule has 0 spiro atoms. The fraction of sp³-hybridized carbons (Fsp3) is 0.568. The summed E-state index contributed by atoms with van der Waals surface area (Å²) in [7, 11) is 0. The summed E-state index contributed by atoms with van der Waals surface area (Å²) in [5.41, 5.74) is 5.37. The SMILES string of the molecule is NC(=O)[C@H](CCCCNC(=O)CCCC[C@@H]1SC[C@@H]2NC(=O)N[C@@H]21)NC(=O)CCCCCNC(=O)[C@H](Cc1ccccc1)NC(=O)[C@@H](CC(=O)NO)Cc1ccc(C2(C(F)(F)F)N=N2)cc1. The van der Waals surface area contributed by atoms with Crippen molar-refractivity contribution in [2.75, 3.05) is 18.8 Å². The van der Waals surface area contributed by atoms with Crippen molar-refractivity contribution in [3.63, 3.8) is 0 Å². The van der Waals surface area contributed by atoms with Crippen molar-refractivity contribution < 1.29 is 51.9 Å². The van der Waals surface area contributed by atoms with E-state index in [2.05, 4.69) is 42.1 Å². The second-order valence-corrected chi connectivity index (χ2v) is 18.1. The number of benzene rings is 2. The maximum absolute atomic E-state index is 13.7. The lowest BCUT2D eigenvalue weighted by molar-refractivity contribution is -0.166. The molecule has 6 atom stereocenters. The quantitative estimate of drug-likeness (QED) is 0.0262. The number of thioether (sulfide) groups is 1. The fourth-order valence-corrected chi connectivity index (χ4v) is 9.56. The molecule has 3 aliphatic rings. The van der Waals surface area contributed by atoms with E-state index < -0.39 is 59.9 Å². The summed E-state index contributed by atoms with van der Waals surface area (Å²) in [6, 6.07) is 12.3. The Bertz CT molecular complexity index is 2020. The Labute approximate surface area is 384 Å². The first-order chi connectivity index (χ1) is 31.6. The van der Waals surface area contributed by atoms with Gasteiger partial charge in [-0.2, -0.15) is 24.9 Å². The third kappa shape index (κ3) is 15.4. The predicted molar refractivity (Wildman–Crippen MR) is 236 cm³/mol. The molecule has 66 heavy (non-hydrogen) atoms. The molecule has 18 nitrogen and oxygen atoms in total. The largest absolute Gasteiger partial charge is 0.442 e. The molecule has 0 aromatic heterocycles. The molecule has 0 aliphatic carbocycles. The Hall–Kier alpha value is -5.77. The molecule has 2 fully saturated rings. The summed E-state index contributed by atoms with van der Waals surface area (Å²) >= 11 is 1.85. The van der Waals surface area contributed by atoms with Crippen LogP contribution in [0.15, 0.2) is 64.8 Å². The zero-order valence-electron chi connectivity index (χ0n) is 36.5. The van der Waals surface area contributed by atoms with Gasteiger partial charge < -0.3 is 37.6 Å². The number of carbonyl (C=O) groups is 7. The molecule has 10 N–H and O–H groups in total. The van der Waals surface area contributed by atoms with Gasteiger partial charge in [-0.25, -0.2) is 10.3 Å². The van der Waals surface area contributed by atoms with Gasteiger partial charge in [-0.3, -0.25) is 34.0 Å². The number of nitrogens with two attached hydrogens (primary N) is 1. The van der Waals surface area contributed by atoms with Crippen LogP contribution in [0.4, 0.5) is 18.0 Å². The molecule has 0 saturated carbocycles. The summed E-state index contributed by atoms with van der Waals surface area (Å²) in [6.45, 7) is 0.643. The van der Waals surface area contributed by atoms with Gasteiger partial charge in [-0.15, -0.1) is 10.2 Å². The van der Waals surface area contributed by atoms with Gasteiger partial charge in [-0.1, -0.05) is 67.4 Å². The summed E-state index contributed by atoms with van der Waals surface area (Å²) in [5, 5.41) is 32.9. The summed E-state index contributed by atoms with van der Waals surface area (Å²) in [5.74, 6) is -3.36. The van der Waals surface area contributed by atoms with E-state index in [4.69, 9.17) is 5.73 Å². The maximum atomic E-state index is 13.7. The average molecular weight is 945 g/mol. The third-order valence-electron chi connectivity index (χ3n) is 11.8. The van der Waals surface area contributed by atoms with Gasteiger partial charge >= 0.3 is 17.9 Å². The van der Waals surface area contributed by atoms with Crippen LogP contribution >= 0.6 is 11.8 Å². The Kier molecular flexibility index (Phi) is 19.1. The number of hydrogen-bond donors (Lipinski definition) is 9. The first-order valence-electron chi connectivity index (χ1n) is 22.3. The lowest BCUT2D eigenvalue weighted by Gasteiger charge is -2.23. The van der Waals surface area contributed by atoms with Crippen molar-refractivity contribution in [3.8, 4) is 0 Å². The monoisotopic (exact) mass is 944 g/mol. The standard InChI is InChI=1S/C44H59F3N10O8S/c45-44(46,47)43(56-57-43)30-19-17-28(18-20-30)23-29(25-37(60)55-65)40(62)52-32(24-27-11-3-1-4-12-27)41(63)50-22-9-2-5-16-36(59)51-31(39(48)61)13-8-10-21-49-35(58)15-7-6-14-34-38-33(26-66-34)53-42(64)54-38/h1,3-4,11-12,17-20,29,31-34,38,65H,2,5-10,13-16,21-26H2,(H2,48,61)(H,49,58)(H,50,63)(H,51,59)(H,52,62)(H,55,60)(H2,53,54,64)/t29-,31+,32+,33+,34+,38+/m1/s1. The van der Waals surface area contributed by atoms with E-state index in [1.54, 1.807) is 30.3 Å². The van der Waals surface area contributed by atoms with Crippen LogP contribution in [0.25, 0.3) is 0 Å². The highest BCUT2D eigenvalue weighted by molar-refractivity contribution is 8.00. The average Bonchev–Trinajstić information content (AvgIpc) is 3.92. The lowest BCUT2D eigenvalue weighted by Crippen LogP contribution is -2.50. The van der Waals surface area contributed by atoms with Crippen molar-refractivity contribution in [2.45, 2.75) is 131 Å². The van der Waals surface area contributed by atoms with Gasteiger partial charge in [0.05, 0.1) is 18.0 Å². The Morgan fingerprint density at radius 3 is 2.12 bits per heavy atom. The van der Waals surface area contributed by atoms with E-state index in [1.807, 2.05) is 11.8 Å². The number of nitrogens with one attached hydrogen (secondary N) is 7.